The van der Waals surface area contributed by atoms with E-state index in [0.717, 1.165) is 16.9 Å². The van der Waals surface area contributed by atoms with Gasteiger partial charge in [0, 0.05) is 48.3 Å². The summed E-state index contributed by atoms with van der Waals surface area (Å²) < 4.78 is 12.9. The SMILES string of the molecule is CCOc1ccc(Nc2nc(-c3cncnc3)cn3ccnc23)cc1OC. The van der Waals surface area contributed by atoms with Gasteiger partial charge in [0.05, 0.1) is 19.4 Å². The third-order valence-corrected chi connectivity index (χ3v) is 3.96. The zero-order valence-corrected chi connectivity index (χ0v) is 15.0. The number of methoxy groups -OCH3 is 1. The highest BCUT2D eigenvalue weighted by atomic mass is 16.5. The van der Waals surface area contributed by atoms with E-state index in [1.54, 1.807) is 25.7 Å². The van der Waals surface area contributed by atoms with E-state index in [1.807, 2.05) is 41.9 Å². The molecule has 0 spiro atoms. The summed E-state index contributed by atoms with van der Waals surface area (Å²) >= 11 is 0. The molecular formula is C19H18N6O2. The third kappa shape index (κ3) is 3.37. The number of ether oxygens (including phenoxy) is 2. The van der Waals surface area contributed by atoms with Crippen molar-refractivity contribution in [2.45, 2.75) is 6.92 Å². The number of aromatic nitrogens is 5. The van der Waals surface area contributed by atoms with E-state index in [2.05, 4.69) is 20.3 Å². The Labute approximate surface area is 155 Å². The number of nitrogens with zero attached hydrogens (tertiary/aromatic N) is 5. The van der Waals surface area contributed by atoms with Crippen LogP contribution in [0.25, 0.3) is 16.9 Å². The van der Waals surface area contributed by atoms with E-state index in [0.29, 0.717) is 29.6 Å². The molecule has 0 saturated carbocycles. The number of nitrogens with one attached hydrogen (secondary N) is 1. The normalized spacial score (nSPS) is 10.7. The van der Waals surface area contributed by atoms with Crippen LogP contribution in [0.15, 0.2) is 55.5 Å². The largest absolute Gasteiger partial charge is 0.493 e. The summed E-state index contributed by atoms with van der Waals surface area (Å²) in [7, 11) is 1.61. The van der Waals surface area contributed by atoms with Crippen molar-refractivity contribution in [1.29, 1.82) is 0 Å². The molecule has 0 fully saturated rings. The molecule has 0 aliphatic rings. The number of hydrogen-bond acceptors (Lipinski definition) is 7. The molecule has 0 aliphatic heterocycles. The minimum Gasteiger partial charge on any atom is -0.493 e. The standard InChI is InChI=1S/C19H18N6O2/c1-3-27-16-5-4-14(8-17(16)26-2)23-18-19-22-6-7-25(19)11-15(24-18)13-9-20-12-21-10-13/h4-12H,3H2,1-2H3,(H,23,24). The molecular weight excluding hydrogens is 344 g/mol. The first-order chi connectivity index (χ1) is 13.3. The Morgan fingerprint density at radius 2 is 2.00 bits per heavy atom. The Morgan fingerprint density at radius 3 is 2.78 bits per heavy atom. The summed E-state index contributed by atoms with van der Waals surface area (Å²) in [6, 6.07) is 5.64. The summed E-state index contributed by atoms with van der Waals surface area (Å²) in [5.74, 6) is 1.96. The molecule has 0 bridgehead atoms. The Morgan fingerprint density at radius 1 is 1.15 bits per heavy atom. The topological polar surface area (TPSA) is 86.5 Å². The van der Waals surface area contributed by atoms with E-state index < -0.39 is 0 Å². The average Bonchev–Trinajstić information content (AvgIpc) is 3.19. The van der Waals surface area contributed by atoms with Crippen LogP contribution in [0.2, 0.25) is 0 Å². The third-order valence-electron chi connectivity index (χ3n) is 3.96. The lowest BCUT2D eigenvalue weighted by Crippen LogP contribution is -2.01. The molecule has 0 unspecified atom stereocenters. The van der Waals surface area contributed by atoms with Gasteiger partial charge in [-0.2, -0.15) is 0 Å². The molecule has 27 heavy (non-hydrogen) atoms. The number of rotatable bonds is 6. The van der Waals surface area contributed by atoms with Crippen molar-refractivity contribution in [3.63, 3.8) is 0 Å². The first-order valence-corrected chi connectivity index (χ1v) is 8.45. The summed E-state index contributed by atoms with van der Waals surface area (Å²) in [5.41, 5.74) is 3.08. The number of fused-ring (bicyclic) bond motifs is 1. The highest BCUT2D eigenvalue weighted by Gasteiger charge is 2.12. The lowest BCUT2D eigenvalue weighted by Gasteiger charge is -2.13. The smallest absolute Gasteiger partial charge is 0.180 e. The average molecular weight is 362 g/mol. The van der Waals surface area contributed by atoms with Crippen LogP contribution in [-0.2, 0) is 0 Å². The number of hydrogen-bond donors (Lipinski definition) is 1. The van der Waals surface area contributed by atoms with Gasteiger partial charge in [-0.05, 0) is 19.1 Å². The molecule has 136 valence electrons. The molecule has 0 saturated heterocycles. The van der Waals surface area contributed by atoms with Crippen LogP contribution in [0.5, 0.6) is 11.5 Å². The maximum absolute atomic E-state index is 5.57. The lowest BCUT2D eigenvalue weighted by atomic mass is 10.2. The van der Waals surface area contributed by atoms with Crippen molar-refractivity contribution in [3.8, 4) is 22.8 Å². The lowest BCUT2D eigenvalue weighted by molar-refractivity contribution is 0.311. The van der Waals surface area contributed by atoms with Gasteiger partial charge in [-0.25, -0.2) is 19.9 Å². The fraction of sp³-hybridized carbons (Fsp3) is 0.158. The summed E-state index contributed by atoms with van der Waals surface area (Å²) in [5, 5.41) is 3.32. The molecule has 8 nitrogen and oxygen atoms in total. The van der Waals surface area contributed by atoms with Gasteiger partial charge < -0.3 is 19.2 Å². The van der Waals surface area contributed by atoms with Crippen LogP contribution in [0.1, 0.15) is 6.92 Å². The quantitative estimate of drug-likeness (QED) is 0.563. The van der Waals surface area contributed by atoms with Crippen molar-refractivity contribution in [2.75, 3.05) is 19.0 Å². The Kier molecular flexibility index (Phi) is 4.52. The zero-order valence-electron chi connectivity index (χ0n) is 15.0. The summed E-state index contributed by atoms with van der Waals surface area (Å²) in [4.78, 5) is 17.2. The molecule has 0 amide bonds. The Balaban J connectivity index is 1.74. The number of benzene rings is 1. The van der Waals surface area contributed by atoms with Gasteiger partial charge >= 0.3 is 0 Å². The van der Waals surface area contributed by atoms with Crippen LogP contribution >= 0.6 is 0 Å². The van der Waals surface area contributed by atoms with E-state index in [9.17, 15) is 0 Å². The molecule has 4 aromatic rings. The molecule has 4 rings (SSSR count). The molecule has 3 heterocycles. The van der Waals surface area contributed by atoms with Crippen molar-refractivity contribution in [2.24, 2.45) is 0 Å². The van der Waals surface area contributed by atoms with Gasteiger partial charge in [-0.15, -0.1) is 0 Å². The van der Waals surface area contributed by atoms with E-state index in [1.165, 1.54) is 6.33 Å². The highest BCUT2D eigenvalue weighted by Crippen LogP contribution is 2.32. The van der Waals surface area contributed by atoms with Crippen LogP contribution in [0.3, 0.4) is 0 Å². The van der Waals surface area contributed by atoms with Crippen molar-refractivity contribution in [3.05, 3.63) is 55.5 Å². The van der Waals surface area contributed by atoms with Gasteiger partial charge in [0.1, 0.15) is 6.33 Å². The summed E-state index contributed by atoms with van der Waals surface area (Å²) in [6.07, 6.45) is 10.4. The van der Waals surface area contributed by atoms with Gasteiger partial charge in [0.15, 0.2) is 23.0 Å². The number of imidazole rings is 1. The molecule has 8 heteroatoms. The molecule has 1 aromatic carbocycles. The van der Waals surface area contributed by atoms with Gasteiger partial charge in [0.25, 0.3) is 0 Å². The molecule has 0 aliphatic carbocycles. The van der Waals surface area contributed by atoms with Crippen molar-refractivity contribution < 1.29 is 9.47 Å². The van der Waals surface area contributed by atoms with Crippen LogP contribution in [0, 0.1) is 0 Å². The van der Waals surface area contributed by atoms with E-state index >= 15 is 0 Å². The van der Waals surface area contributed by atoms with Crippen LogP contribution in [-0.4, -0.2) is 38.1 Å². The minimum atomic E-state index is 0.570. The first kappa shape index (κ1) is 16.8. The van der Waals surface area contributed by atoms with E-state index in [-0.39, 0.29) is 0 Å². The molecule has 1 N–H and O–H groups in total. The molecule has 3 aromatic heterocycles. The van der Waals surface area contributed by atoms with Crippen LogP contribution < -0.4 is 14.8 Å². The van der Waals surface area contributed by atoms with E-state index in [4.69, 9.17) is 14.5 Å². The second kappa shape index (κ2) is 7.28. The second-order valence-corrected chi connectivity index (χ2v) is 5.68. The zero-order chi connectivity index (χ0) is 18.6. The van der Waals surface area contributed by atoms with Crippen molar-refractivity contribution in [1.82, 2.24) is 24.3 Å². The van der Waals surface area contributed by atoms with Gasteiger partial charge in [-0.3, -0.25) is 0 Å². The Hall–Kier alpha value is -3.68. The molecule has 0 radical (unpaired) electrons. The predicted octanol–water partition coefficient (Wildman–Crippen LogP) is 3.34. The fourth-order valence-corrected chi connectivity index (χ4v) is 2.74. The van der Waals surface area contributed by atoms with Crippen LogP contribution in [0.4, 0.5) is 11.5 Å². The number of anilines is 2. The Bertz CT molecular complexity index is 1060. The first-order valence-electron chi connectivity index (χ1n) is 8.45. The monoisotopic (exact) mass is 362 g/mol. The fourth-order valence-electron chi connectivity index (χ4n) is 2.74. The maximum Gasteiger partial charge on any atom is 0.180 e. The minimum absolute atomic E-state index is 0.570. The maximum atomic E-state index is 5.57. The molecule has 0 atom stereocenters. The highest BCUT2D eigenvalue weighted by molar-refractivity contribution is 5.74. The second-order valence-electron chi connectivity index (χ2n) is 5.68. The van der Waals surface area contributed by atoms with Gasteiger partial charge in [-0.1, -0.05) is 0 Å². The van der Waals surface area contributed by atoms with Crippen molar-refractivity contribution >= 4 is 17.2 Å². The predicted molar refractivity (Wildman–Crippen MR) is 101 cm³/mol. The summed E-state index contributed by atoms with van der Waals surface area (Å²) in [6.45, 7) is 2.50. The van der Waals surface area contributed by atoms with Gasteiger partial charge in [0.2, 0.25) is 0 Å².